The molecule has 4 N–H and O–H groups in total. The molecular weight excluding hydrogens is 306 g/mol. The van der Waals surface area contributed by atoms with Gasteiger partial charge in [0.25, 0.3) is 5.91 Å². The maximum atomic E-state index is 11.8. The number of hydrogen-bond acceptors (Lipinski definition) is 4. The molecule has 0 fully saturated rings. The van der Waals surface area contributed by atoms with E-state index in [1.165, 1.54) is 0 Å². The Morgan fingerprint density at radius 1 is 1.04 bits per heavy atom. The fourth-order valence-corrected chi connectivity index (χ4v) is 2.66. The van der Waals surface area contributed by atoms with E-state index in [1.54, 1.807) is 48.5 Å². The van der Waals surface area contributed by atoms with Crippen LogP contribution in [0.2, 0.25) is 0 Å². The van der Waals surface area contributed by atoms with Crippen molar-refractivity contribution in [1.29, 1.82) is 0 Å². The van der Waals surface area contributed by atoms with Gasteiger partial charge in [0.15, 0.2) is 5.76 Å². The van der Waals surface area contributed by atoms with Crippen LogP contribution in [-0.2, 0) is 0 Å². The van der Waals surface area contributed by atoms with Gasteiger partial charge in [-0.1, -0.05) is 19.1 Å². The largest absolute Gasteiger partial charge is 0.508 e. The molecule has 0 saturated carbocycles. The highest BCUT2D eigenvalue weighted by Gasteiger charge is 2.22. The van der Waals surface area contributed by atoms with Gasteiger partial charge in [-0.25, -0.2) is 0 Å². The van der Waals surface area contributed by atoms with Crippen molar-refractivity contribution in [2.75, 3.05) is 0 Å². The number of phenols is 2. The molecule has 2 aromatic carbocycles. The second kappa shape index (κ2) is 6.12. The number of nitrogens with two attached hydrogens (primary N) is 1. The Kier molecular flexibility index (Phi) is 4.00. The van der Waals surface area contributed by atoms with Gasteiger partial charge >= 0.3 is 0 Å². The first-order valence-electron chi connectivity index (χ1n) is 7.47. The molecule has 1 aromatic heterocycles. The Morgan fingerprint density at radius 2 is 1.75 bits per heavy atom. The lowest BCUT2D eigenvalue weighted by atomic mass is 9.92. The van der Waals surface area contributed by atoms with Gasteiger partial charge in [-0.2, -0.15) is 0 Å². The number of rotatable bonds is 4. The number of carbonyl (C=O) groups excluding carboxylic acids is 1. The topological polar surface area (TPSA) is 96.7 Å². The third kappa shape index (κ3) is 2.96. The van der Waals surface area contributed by atoms with Crippen LogP contribution in [0.15, 0.2) is 59.0 Å². The molecule has 0 aliphatic rings. The lowest BCUT2D eigenvalue weighted by Gasteiger charge is -2.11. The molecule has 0 aliphatic carbocycles. The Hall–Kier alpha value is -3.21. The van der Waals surface area contributed by atoms with E-state index in [4.69, 9.17) is 10.2 Å². The van der Waals surface area contributed by atoms with Crippen LogP contribution in [-0.4, -0.2) is 16.1 Å². The van der Waals surface area contributed by atoms with Gasteiger partial charge < -0.3 is 20.4 Å². The first kappa shape index (κ1) is 15.7. The number of phenolic OH excluding ortho intramolecular Hbond substituents is 2. The van der Waals surface area contributed by atoms with E-state index < -0.39 is 5.91 Å². The number of amides is 1. The van der Waals surface area contributed by atoms with E-state index in [0.29, 0.717) is 11.3 Å². The van der Waals surface area contributed by atoms with Crippen molar-refractivity contribution >= 4 is 5.91 Å². The molecule has 0 aliphatic heterocycles. The molecule has 0 spiro atoms. The summed E-state index contributed by atoms with van der Waals surface area (Å²) < 4.78 is 5.66. The van der Waals surface area contributed by atoms with Crippen LogP contribution >= 0.6 is 0 Å². The maximum absolute atomic E-state index is 11.8. The summed E-state index contributed by atoms with van der Waals surface area (Å²) in [5.74, 6) is 0.0481. The van der Waals surface area contributed by atoms with Crippen LogP contribution in [0.4, 0.5) is 0 Å². The summed E-state index contributed by atoms with van der Waals surface area (Å²) in [6.07, 6.45) is 0. The van der Waals surface area contributed by atoms with Crippen LogP contribution in [0.25, 0.3) is 11.3 Å². The van der Waals surface area contributed by atoms with E-state index in [1.807, 2.05) is 13.0 Å². The maximum Gasteiger partial charge on any atom is 0.284 e. The second-order valence-corrected chi connectivity index (χ2v) is 5.62. The van der Waals surface area contributed by atoms with E-state index in [0.717, 1.165) is 11.1 Å². The molecule has 1 atom stereocenters. The van der Waals surface area contributed by atoms with Gasteiger partial charge in [0.1, 0.15) is 17.3 Å². The number of benzene rings is 2. The minimum Gasteiger partial charge on any atom is -0.508 e. The van der Waals surface area contributed by atoms with Crippen molar-refractivity contribution in [1.82, 2.24) is 0 Å². The number of aromatic hydroxyl groups is 2. The summed E-state index contributed by atoms with van der Waals surface area (Å²) in [4.78, 5) is 11.8. The molecule has 122 valence electrons. The first-order chi connectivity index (χ1) is 11.5. The normalized spacial score (nSPS) is 12.0. The van der Waals surface area contributed by atoms with Crippen molar-refractivity contribution in [3.05, 3.63) is 71.5 Å². The number of carbonyl (C=O) groups is 1. The van der Waals surface area contributed by atoms with E-state index in [-0.39, 0.29) is 23.2 Å². The smallest absolute Gasteiger partial charge is 0.284 e. The summed E-state index contributed by atoms with van der Waals surface area (Å²) in [5, 5.41) is 19.0. The van der Waals surface area contributed by atoms with Crippen LogP contribution in [0, 0.1) is 0 Å². The quantitative estimate of drug-likeness (QED) is 0.683. The molecule has 1 heterocycles. The monoisotopic (exact) mass is 323 g/mol. The minimum absolute atomic E-state index is 0.0916. The van der Waals surface area contributed by atoms with E-state index in [9.17, 15) is 15.0 Å². The summed E-state index contributed by atoms with van der Waals surface area (Å²) in [7, 11) is 0. The molecule has 24 heavy (non-hydrogen) atoms. The van der Waals surface area contributed by atoms with Crippen LogP contribution in [0.5, 0.6) is 11.5 Å². The molecule has 0 radical (unpaired) electrons. The highest BCUT2D eigenvalue weighted by atomic mass is 16.4. The predicted molar refractivity (Wildman–Crippen MR) is 90.0 cm³/mol. The summed E-state index contributed by atoms with van der Waals surface area (Å²) in [6.45, 7) is 1.91. The van der Waals surface area contributed by atoms with Gasteiger partial charge in [0.2, 0.25) is 0 Å². The lowest BCUT2D eigenvalue weighted by Crippen LogP contribution is -2.13. The summed E-state index contributed by atoms with van der Waals surface area (Å²) in [6, 6.07) is 15.1. The third-order valence-electron chi connectivity index (χ3n) is 3.97. The fraction of sp³-hybridized carbons (Fsp3) is 0.105. The van der Waals surface area contributed by atoms with Crippen molar-refractivity contribution in [3.63, 3.8) is 0 Å². The highest BCUT2D eigenvalue weighted by molar-refractivity contribution is 5.92. The van der Waals surface area contributed by atoms with Crippen LogP contribution < -0.4 is 5.73 Å². The van der Waals surface area contributed by atoms with Crippen molar-refractivity contribution in [2.24, 2.45) is 5.73 Å². The number of hydrogen-bond donors (Lipinski definition) is 3. The lowest BCUT2D eigenvalue weighted by molar-refractivity contribution is 0.0973. The summed E-state index contributed by atoms with van der Waals surface area (Å²) in [5.41, 5.74) is 7.67. The Balaban J connectivity index is 2.06. The standard InChI is InChI=1S/C19H17NO4/c1-11(13-3-2-4-15(22)9-13)16-10-17(24-18(16)19(20)23)12-5-7-14(21)8-6-12/h2-11,21-22H,1H3,(H2,20,23)/t11-/m1/s1. The van der Waals surface area contributed by atoms with E-state index >= 15 is 0 Å². The average Bonchev–Trinajstić information content (AvgIpc) is 3.00. The molecule has 5 heteroatoms. The molecule has 3 rings (SSSR count). The van der Waals surface area contributed by atoms with E-state index in [2.05, 4.69) is 0 Å². The average molecular weight is 323 g/mol. The molecule has 1 amide bonds. The fourth-order valence-electron chi connectivity index (χ4n) is 2.66. The molecule has 0 bridgehead atoms. The van der Waals surface area contributed by atoms with Crippen molar-refractivity contribution < 1.29 is 19.4 Å². The van der Waals surface area contributed by atoms with Crippen LogP contribution in [0.3, 0.4) is 0 Å². The predicted octanol–water partition coefficient (Wildman–Crippen LogP) is 3.61. The van der Waals surface area contributed by atoms with Gasteiger partial charge in [0.05, 0.1) is 0 Å². The SMILES string of the molecule is C[C@H](c1cccc(O)c1)c1cc(-c2ccc(O)cc2)oc1C(N)=O. The third-order valence-corrected chi connectivity index (χ3v) is 3.97. The van der Waals surface area contributed by atoms with Crippen molar-refractivity contribution in [3.8, 4) is 22.8 Å². The Bertz CT molecular complexity index is 881. The summed E-state index contributed by atoms with van der Waals surface area (Å²) >= 11 is 0. The first-order valence-corrected chi connectivity index (χ1v) is 7.47. The highest BCUT2D eigenvalue weighted by Crippen LogP contribution is 2.34. The zero-order valence-electron chi connectivity index (χ0n) is 13.1. The molecule has 5 nitrogen and oxygen atoms in total. The Morgan fingerprint density at radius 3 is 2.38 bits per heavy atom. The molecule has 3 aromatic rings. The van der Waals surface area contributed by atoms with Gasteiger partial charge in [-0.3, -0.25) is 4.79 Å². The number of furan rings is 1. The van der Waals surface area contributed by atoms with Crippen molar-refractivity contribution in [2.45, 2.75) is 12.8 Å². The molecular formula is C19H17NO4. The molecule has 0 saturated heterocycles. The second-order valence-electron chi connectivity index (χ2n) is 5.62. The van der Waals surface area contributed by atoms with Gasteiger partial charge in [0, 0.05) is 17.0 Å². The van der Waals surface area contributed by atoms with Gasteiger partial charge in [-0.15, -0.1) is 0 Å². The zero-order chi connectivity index (χ0) is 17.3. The molecule has 0 unspecified atom stereocenters. The number of primary amides is 1. The Labute approximate surface area is 139 Å². The van der Waals surface area contributed by atoms with Crippen LogP contribution in [0.1, 0.15) is 34.5 Å². The minimum atomic E-state index is -0.651. The van der Waals surface area contributed by atoms with Gasteiger partial charge in [-0.05, 0) is 48.0 Å². The zero-order valence-corrected chi connectivity index (χ0v) is 13.1.